The highest BCUT2D eigenvalue weighted by molar-refractivity contribution is 6.54. The molecule has 0 fully saturated rings. The number of ether oxygens (including phenoxy) is 2. The lowest BCUT2D eigenvalue weighted by Gasteiger charge is -2.12. The van der Waals surface area contributed by atoms with E-state index in [0.717, 1.165) is 11.3 Å². The van der Waals surface area contributed by atoms with Crippen LogP contribution in [0.3, 0.4) is 0 Å². The van der Waals surface area contributed by atoms with Gasteiger partial charge in [-0.3, -0.25) is 9.59 Å². The zero-order valence-corrected chi connectivity index (χ0v) is 17.2. The summed E-state index contributed by atoms with van der Waals surface area (Å²) in [6.45, 7) is 4.77. The van der Waals surface area contributed by atoms with Crippen LogP contribution in [0.15, 0.2) is 52.7 Å². The zero-order valence-electron chi connectivity index (χ0n) is 17.2. The number of amides is 2. The maximum absolute atomic E-state index is 12.6. The van der Waals surface area contributed by atoms with Crippen LogP contribution in [0.5, 0.6) is 11.5 Å². The van der Waals surface area contributed by atoms with E-state index in [4.69, 9.17) is 9.47 Å². The van der Waals surface area contributed by atoms with Crippen molar-refractivity contribution in [3.63, 3.8) is 0 Å². The van der Waals surface area contributed by atoms with Gasteiger partial charge in [0.05, 0.1) is 19.0 Å². The molecule has 8 nitrogen and oxygen atoms in total. The number of fused-ring (bicyclic) bond motifs is 1. The standard InChI is InChI=1S/C22H24N4O4/c1-4-23-20(27)14-30-18-11-10-15(12-19(18)29-3)13-24-25-21-16-8-6-7-9-17(16)26(5-2)22(21)28/h6-13H,4-5,14H2,1-3H3,(H,23,27)/b24-13-,25-21-. The van der Waals surface area contributed by atoms with Gasteiger partial charge in [0, 0.05) is 18.7 Å². The molecule has 30 heavy (non-hydrogen) atoms. The number of hydrogen-bond donors (Lipinski definition) is 1. The molecule has 0 saturated carbocycles. The van der Waals surface area contributed by atoms with Gasteiger partial charge in [0.25, 0.3) is 11.8 Å². The quantitative estimate of drug-likeness (QED) is 0.536. The van der Waals surface area contributed by atoms with E-state index in [2.05, 4.69) is 15.5 Å². The predicted octanol–water partition coefficient (Wildman–Crippen LogP) is 2.40. The fourth-order valence-corrected chi connectivity index (χ4v) is 3.10. The maximum atomic E-state index is 12.6. The molecule has 0 radical (unpaired) electrons. The highest BCUT2D eigenvalue weighted by Gasteiger charge is 2.32. The van der Waals surface area contributed by atoms with Gasteiger partial charge in [-0.1, -0.05) is 18.2 Å². The number of methoxy groups -OCH3 is 1. The minimum atomic E-state index is -0.205. The summed E-state index contributed by atoms with van der Waals surface area (Å²) in [4.78, 5) is 25.8. The van der Waals surface area contributed by atoms with Crippen molar-refractivity contribution >= 4 is 29.4 Å². The lowest BCUT2D eigenvalue weighted by atomic mass is 10.1. The molecular formula is C22H24N4O4. The summed E-state index contributed by atoms with van der Waals surface area (Å²) in [5.41, 5.74) is 2.65. The van der Waals surface area contributed by atoms with Crippen LogP contribution in [0.4, 0.5) is 5.69 Å². The van der Waals surface area contributed by atoms with E-state index in [-0.39, 0.29) is 18.4 Å². The molecule has 1 aliphatic rings. The van der Waals surface area contributed by atoms with Crippen LogP contribution < -0.4 is 19.7 Å². The number of carbonyl (C=O) groups excluding carboxylic acids is 2. The summed E-state index contributed by atoms with van der Waals surface area (Å²) in [7, 11) is 1.52. The molecule has 0 spiro atoms. The van der Waals surface area contributed by atoms with E-state index in [9.17, 15) is 9.59 Å². The lowest BCUT2D eigenvalue weighted by molar-refractivity contribution is -0.123. The van der Waals surface area contributed by atoms with Gasteiger partial charge in [-0.15, -0.1) is 5.10 Å². The molecule has 0 atom stereocenters. The Morgan fingerprint density at radius 2 is 1.97 bits per heavy atom. The molecular weight excluding hydrogens is 384 g/mol. The summed E-state index contributed by atoms with van der Waals surface area (Å²) < 4.78 is 10.8. The van der Waals surface area contributed by atoms with E-state index in [1.807, 2.05) is 38.1 Å². The highest BCUT2D eigenvalue weighted by Crippen LogP contribution is 2.29. The van der Waals surface area contributed by atoms with Gasteiger partial charge in [0.1, 0.15) is 0 Å². The minimum Gasteiger partial charge on any atom is -0.493 e. The van der Waals surface area contributed by atoms with Gasteiger partial charge in [-0.05, 0) is 43.7 Å². The van der Waals surface area contributed by atoms with Crippen LogP contribution in [0.2, 0.25) is 0 Å². The second-order valence-corrected chi connectivity index (χ2v) is 6.41. The number of rotatable bonds is 8. The van der Waals surface area contributed by atoms with Crippen LogP contribution in [0.1, 0.15) is 25.0 Å². The number of nitrogens with one attached hydrogen (secondary N) is 1. The average molecular weight is 408 g/mol. The molecule has 0 bridgehead atoms. The molecule has 1 heterocycles. The van der Waals surface area contributed by atoms with Crippen molar-refractivity contribution < 1.29 is 19.1 Å². The number of anilines is 1. The molecule has 2 aromatic carbocycles. The SMILES string of the molecule is CCNC(=O)COc1ccc(/C=N\N=C2/C(=O)N(CC)c3ccccc32)cc1OC. The predicted molar refractivity (Wildman–Crippen MR) is 116 cm³/mol. The van der Waals surface area contributed by atoms with Crippen molar-refractivity contribution in [2.75, 3.05) is 31.7 Å². The van der Waals surface area contributed by atoms with Gasteiger partial charge >= 0.3 is 0 Å². The fourth-order valence-electron chi connectivity index (χ4n) is 3.10. The Morgan fingerprint density at radius 1 is 1.17 bits per heavy atom. The molecule has 2 aromatic rings. The van der Waals surface area contributed by atoms with Gasteiger partial charge in [0.2, 0.25) is 0 Å². The first kappa shape index (κ1) is 21.0. The maximum Gasteiger partial charge on any atom is 0.279 e. The number of para-hydroxylation sites is 1. The van der Waals surface area contributed by atoms with E-state index < -0.39 is 0 Å². The van der Waals surface area contributed by atoms with Crippen molar-refractivity contribution in [2.45, 2.75) is 13.8 Å². The van der Waals surface area contributed by atoms with Crippen molar-refractivity contribution in [3.8, 4) is 11.5 Å². The number of nitrogens with zero attached hydrogens (tertiary/aromatic N) is 3. The molecule has 8 heteroatoms. The van der Waals surface area contributed by atoms with Crippen LogP contribution in [-0.4, -0.2) is 50.5 Å². The first-order chi connectivity index (χ1) is 14.6. The molecule has 3 rings (SSSR count). The smallest absolute Gasteiger partial charge is 0.279 e. The van der Waals surface area contributed by atoms with Crippen molar-refractivity contribution in [3.05, 3.63) is 53.6 Å². The second kappa shape index (κ2) is 9.69. The van der Waals surface area contributed by atoms with Gasteiger partial charge < -0.3 is 19.7 Å². The molecule has 0 aromatic heterocycles. The monoisotopic (exact) mass is 408 g/mol. The number of benzene rings is 2. The molecule has 0 saturated heterocycles. The third kappa shape index (κ3) is 4.48. The molecule has 156 valence electrons. The fraction of sp³-hybridized carbons (Fsp3) is 0.273. The van der Waals surface area contributed by atoms with E-state index in [1.54, 1.807) is 23.1 Å². The Morgan fingerprint density at radius 3 is 2.70 bits per heavy atom. The number of likely N-dealkylation sites (N-methyl/N-ethyl adjacent to an activating group) is 2. The molecule has 1 N–H and O–H groups in total. The molecule has 0 aliphatic carbocycles. The van der Waals surface area contributed by atoms with Crippen molar-refractivity contribution in [1.82, 2.24) is 5.32 Å². The summed E-state index contributed by atoms with van der Waals surface area (Å²) >= 11 is 0. The van der Waals surface area contributed by atoms with Crippen molar-refractivity contribution in [1.29, 1.82) is 0 Å². The van der Waals surface area contributed by atoms with Crippen molar-refractivity contribution in [2.24, 2.45) is 10.2 Å². The van der Waals surface area contributed by atoms with Crippen LogP contribution in [-0.2, 0) is 9.59 Å². The Bertz CT molecular complexity index is 1000. The molecule has 2 amide bonds. The Labute approximate surface area is 175 Å². The summed E-state index contributed by atoms with van der Waals surface area (Å²) in [5, 5.41) is 10.9. The highest BCUT2D eigenvalue weighted by atomic mass is 16.5. The largest absolute Gasteiger partial charge is 0.493 e. The average Bonchev–Trinajstić information content (AvgIpc) is 3.03. The summed E-state index contributed by atoms with van der Waals surface area (Å²) in [6, 6.07) is 12.7. The minimum absolute atomic E-state index is 0.0965. The first-order valence-corrected chi connectivity index (χ1v) is 9.68. The van der Waals surface area contributed by atoms with Crippen LogP contribution in [0.25, 0.3) is 0 Å². The zero-order chi connectivity index (χ0) is 21.5. The molecule has 0 unspecified atom stereocenters. The number of hydrogen-bond acceptors (Lipinski definition) is 6. The number of carbonyl (C=O) groups is 2. The topological polar surface area (TPSA) is 92.6 Å². The first-order valence-electron chi connectivity index (χ1n) is 9.68. The van der Waals surface area contributed by atoms with Crippen LogP contribution >= 0.6 is 0 Å². The van der Waals surface area contributed by atoms with Crippen LogP contribution in [0, 0.1) is 0 Å². The lowest BCUT2D eigenvalue weighted by Crippen LogP contribution is -2.29. The third-order valence-corrected chi connectivity index (χ3v) is 4.50. The normalized spacial score (nSPS) is 14.3. The third-order valence-electron chi connectivity index (χ3n) is 4.50. The van der Waals surface area contributed by atoms with Gasteiger partial charge in [-0.25, -0.2) is 0 Å². The van der Waals surface area contributed by atoms with E-state index in [0.29, 0.717) is 35.9 Å². The second-order valence-electron chi connectivity index (χ2n) is 6.41. The Balaban J connectivity index is 1.76. The summed E-state index contributed by atoms with van der Waals surface area (Å²) in [6.07, 6.45) is 1.54. The molecule has 1 aliphatic heterocycles. The Kier molecular flexibility index (Phi) is 6.79. The van der Waals surface area contributed by atoms with Gasteiger partial charge in [0.15, 0.2) is 23.8 Å². The van der Waals surface area contributed by atoms with Gasteiger partial charge in [-0.2, -0.15) is 5.10 Å². The van der Waals surface area contributed by atoms with E-state index >= 15 is 0 Å². The Hall–Kier alpha value is -3.68. The summed E-state index contributed by atoms with van der Waals surface area (Å²) in [5.74, 6) is 0.548. The van der Waals surface area contributed by atoms with E-state index in [1.165, 1.54) is 13.3 Å².